The van der Waals surface area contributed by atoms with Crippen molar-refractivity contribution < 1.29 is 4.74 Å². The van der Waals surface area contributed by atoms with Crippen LogP contribution in [0.2, 0.25) is 0 Å². The highest BCUT2D eigenvalue weighted by molar-refractivity contribution is 5.85. The number of benzene rings is 2. The molecule has 0 aliphatic carbocycles. The van der Waals surface area contributed by atoms with Gasteiger partial charge in [-0.25, -0.2) is 0 Å². The maximum absolute atomic E-state index is 5.77. The van der Waals surface area contributed by atoms with Gasteiger partial charge in [-0.15, -0.1) is 12.4 Å². The van der Waals surface area contributed by atoms with E-state index in [1.807, 2.05) is 18.2 Å². The Morgan fingerprint density at radius 2 is 1.63 bits per heavy atom. The van der Waals surface area contributed by atoms with Crippen molar-refractivity contribution in [3.05, 3.63) is 53.1 Å². The number of hydrogen-bond donors (Lipinski definition) is 1. The summed E-state index contributed by atoms with van der Waals surface area (Å²) >= 11 is 0. The first-order chi connectivity index (χ1) is 8.67. The van der Waals surface area contributed by atoms with Crippen LogP contribution in [0.15, 0.2) is 36.4 Å². The van der Waals surface area contributed by atoms with Crippen molar-refractivity contribution in [3.63, 3.8) is 0 Å². The summed E-state index contributed by atoms with van der Waals surface area (Å²) in [7, 11) is 1.70. The summed E-state index contributed by atoms with van der Waals surface area (Å²) in [6.45, 7) is 4.80. The van der Waals surface area contributed by atoms with Gasteiger partial charge in [-0.3, -0.25) is 0 Å². The molecule has 0 unspecified atom stereocenters. The van der Waals surface area contributed by atoms with Gasteiger partial charge in [0.2, 0.25) is 0 Å². The number of ether oxygens (including phenoxy) is 1. The standard InChI is InChI=1S/C16H19NO.ClH/c1-11-8-13(9-12(2)15(11)10-17)14-6-4-5-7-16(14)18-3;/h4-9H,10,17H2,1-3H3;1H. The number of nitrogens with two attached hydrogens (primary N) is 1. The number of methoxy groups -OCH3 is 1. The van der Waals surface area contributed by atoms with E-state index in [-0.39, 0.29) is 12.4 Å². The lowest BCUT2D eigenvalue weighted by molar-refractivity contribution is 0.416. The minimum Gasteiger partial charge on any atom is -0.496 e. The lowest BCUT2D eigenvalue weighted by Crippen LogP contribution is -2.02. The third kappa shape index (κ3) is 3.09. The van der Waals surface area contributed by atoms with Crippen LogP contribution in [0.1, 0.15) is 16.7 Å². The molecule has 2 nitrogen and oxygen atoms in total. The van der Waals surface area contributed by atoms with E-state index >= 15 is 0 Å². The number of halogens is 1. The first-order valence-electron chi connectivity index (χ1n) is 6.11. The predicted molar refractivity (Wildman–Crippen MR) is 83.0 cm³/mol. The molecule has 0 fully saturated rings. The lowest BCUT2D eigenvalue weighted by Gasteiger charge is -2.13. The van der Waals surface area contributed by atoms with E-state index in [9.17, 15) is 0 Å². The Labute approximate surface area is 121 Å². The van der Waals surface area contributed by atoms with Crippen molar-refractivity contribution >= 4 is 12.4 Å². The Morgan fingerprint density at radius 3 is 2.16 bits per heavy atom. The molecule has 2 aromatic carbocycles. The van der Waals surface area contributed by atoms with Gasteiger partial charge in [-0.1, -0.05) is 30.3 Å². The van der Waals surface area contributed by atoms with Gasteiger partial charge in [0, 0.05) is 12.1 Å². The Bertz CT molecular complexity index is 543. The molecule has 0 heterocycles. The molecule has 0 saturated carbocycles. The van der Waals surface area contributed by atoms with Gasteiger partial charge in [0.15, 0.2) is 0 Å². The molecule has 0 radical (unpaired) electrons. The van der Waals surface area contributed by atoms with Crippen LogP contribution in [0, 0.1) is 13.8 Å². The van der Waals surface area contributed by atoms with E-state index in [1.165, 1.54) is 22.3 Å². The summed E-state index contributed by atoms with van der Waals surface area (Å²) < 4.78 is 5.41. The molecule has 2 rings (SSSR count). The average Bonchev–Trinajstić information content (AvgIpc) is 2.38. The van der Waals surface area contributed by atoms with Gasteiger partial charge < -0.3 is 10.5 Å². The predicted octanol–water partition coefficient (Wildman–Crippen LogP) is 3.86. The van der Waals surface area contributed by atoms with Crippen LogP contribution in [0.25, 0.3) is 11.1 Å². The van der Waals surface area contributed by atoms with Gasteiger partial charge in [0.25, 0.3) is 0 Å². The second-order valence-corrected chi connectivity index (χ2v) is 4.49. The molecule has 2 aromatic rings. The van der Waals surface area contributed by atoms with Crippen LogP contribution in [0.4, 0.5) is 0 Å². The Balaban J connectivity index is 0.00000180. The molecule has 19 heavy (non-hydrogen) atoms. The van der Waals surface area contributed by atoms with E-state index in [1.54, 1.807) is 7.11 Å². The summed E-state index contributed by atoms with van der Waals surface area (Å²) in [5, 5.41) is 0. The Hall–Kier alpha value is -1.51. The molecule has 0 aliphatic heterocycles. The van der Waals surface area contributed by atoms with E-state index < -0.39 is 0 Å². The Kier molecular flexibility index (Phi) is 5.40. The first-order valence-corrected chi connectivity index (χ1v) is 6.11. The lowest BCUT2D eigenvalue weighted by atomic mass is 9.95. The fraction of sp³-hybridized carbons (Fsp3) is 0.250. The maximum Gasteiger partial charge on any atom is 0.126 e. The third-order valence-corrected chi connectivity index (χ3v) is 3.32. The largest absolute Gasteiger partial charge is 0.496 e. The SMILES string of the molecule is COc1ccccc1-c1cc(C)c(CN)c(C)c1.Cl. The van der Waals surface area contributed by atoms with Gasteiger partial charge in [-0.05, 0) is 42.2 Å². The highest BCUT2D eigenvalue weighted by atomic mass is 35.5. The molecule has 0 spiro atoms. The fourth-order valence-electron chi connectivity index (χ4n) is 2.35. The summed E-state index contributed by atoms with van der Waals surface area (Å²) in [5.74, 6) is 0.900. The zero-order valence-electron chi connectivity index (χ0n) is 11.6. The molecule has 102 valence electrons. The molecule has 3 heteroatoms. The van der Waals surface area contributed by atoms with Crippen LogP contribution >= 0.6 is 12.4 Å². The Morgan fingerprint density at radius 1 is 1.05 bits per heavy atom. The number of para-hydroxylation sites is 1. The fourth-order valence-corrected chi connectivity index (χ4v) is 2.35. The van der Waals surface area contributed by atoms with Gasteiger partial charge in [-0.2, -0.15) is 0 Å². The van der Waals surface area contributed by atoms with Crippen LogP contribution in [0.3, 0.4) is 0 Å². The molecular weight excluding hydrogens is 258 g/mol. The number of rotatable bonds is 3. The summed E-state index contributed by atoms with van der Waals surface area (Å²) in [6.07, 6.45) is 0. The highest BCUT2D eigenvalue weighted by Crippen LogP contribution is 2.32. The van der Waals surface area contributed by atoms with Crippen molar-refractivity contribution in [1.29, 1.82) is 0 Å². The van der Waals surface area contributed by atoms with Crippen molar-refractivity contribution in [3.8, 4) is 16.9 Å². The smallest absolute Gasteiger partial charge is 0.126 e. The van der Waals surface area contributed by atoms with Crippen molar-refractivity contribution in [2.75, 3.05) is 7.11 Å². The molecule has 0 amide bonds. The second-order valence-electron chi connectivity index (χ2n) is 4.49. The normalized spacial score (nSPS) is 9.89. The average molecular weight is 278 g/mol. The number of hydrogen-bond acceptors (Lipinski definition) is 2. The molecule has 0 atom stereocenters. The van der Waals surface area contributed by atoms with Gasteiger partial charge in [0.05, 0.1) is 7.11 Å². The van der Waals surface area contributed by atoms with Crippen LogP contribution in [-0.2, 0) is 6.54 Å². The second kappa shape index (κ2) is 6.60. The van der Waals surface area contributed by atoms with Gasteiger partial charge >= 0.3 is 0 Å². The van der Waals surface area contributed by atoms with E-state index in [2.05, 4.69) is 32.0 Å². The quantitative estimate of drug-likeness (QED) is 0.925. The first kappa shape index (κ1) is 15.5. The van der Waals surface area contributed by atoms with Crippen molar-refractivity contribution in [2.45, 2.75) is 20.4 Å². The minimum atomic E-state index is 0. The zero-order chi connectivity index (χ0) is 13.1. The number of aryl methyl sites for hydroxylation is 2. The summed E-state index contributed by atoms with van der Waals surface area (Å²) in [6, 6.07) is 12.4. The van der Waals surface area contributed by atoms with Gasteiger partial charge in [0.1, 0.15) is 5.75 Å². The maximum atomic E-state index is 5.77. The van der Waals surface area contributed by atoms with E-state index in [4.69, 9.17) is 10.5 Å². The van der Waals surface area contributed by atoms with Crippen LogP contribution < -0.4 is 10.5 Å². The summed E-state index contributed by atoms with van der Waals surface area (Å²) in [4.78, 5) is 0. The molecule has 0 aromatic heterocycles. The monoisotopic (exact) mass is 277 g/mol. The summed E-state index contributed by atoms with van der Waals surface area (Å²) in [5.41, 5.74) is 11.8. The van der Waals surface area contributed by atoms with Crippen molar-refractivity contribution in [1.82, 2.24) is 0 Å². The zero-order valence-corrected chi connectivity index (χ0v) is 12.4. The molecule has 0 bridgehead atoms. The molecule has 0 saturated heterocycles. The third-order valence-electron chi connectivity index (χ3n) is 3.32. The molecular formula is C16H20ClNO. The van der Waals surface area contributed by atoms with Crippen LogP contribution in [-0.4, -0.2) is 7.11 Å². The molecule has 0 aliphatic rings. The van der Waals surface area contributed by atoms with E-state index in [0.29, 0.717) is 6.54 Å². The van der Waals surface area contributed by atoms with Crippen LogP contribution in [0.5, 0.6) is 5.75 Å². The highest BCUT2D eigenvalue weighted by Gasteiger charge is 2.08. The minimum absolute atomic E-state index is 0. The topological polar surface area (TPSA) is 35.2 Å². The molecule has 2 N–H and O–H groups in total. The van der Waals surface area contributed by atoms with Crippen molar-refractivity contribution in [2.24, 2.45) is 5.73 Å². The van der Waals surface area contributed by atoms with E-state index in [0.717, 1.165) is 11.3 Å².